The van der Waals surface area contributed by atoms with E-state index in [4.69, 9.17) is 10.5 Å². The summed E-state index contributed by atoms with van der Waals surface area (Å²) >= 11 is 0. The van der Waals surface area contributed by atoms with Crippen molar-refractivity contribution >= 4 is 0 Å². The number of benzene rings is 1. The van der Waals surface area contributed by atoms with E-state index in [2.05, 4.69) is 37.9 Å². The summed E-state index contributed by atoms with van der Waals surface area (Å²) in [6, 6.07) is 9.87. The zero-order chi connectivity index (χ0) is 14.7. The summed E-state index contributed by atoms with van der Waals surface area (Å²) in [5.74, 6) is 1.89. The number of aromatic nitrogens is 1. The summed E-state index contributed by atoms with van der Waals surface area (Å²) in [4.78, 5) is 4.28. The van der Waals surface area contributed by atoms with Crippen LogP contribution in [0.1, 0.15) is 49.4 Å². The average molecular weight is 270 g/mol. The molecule has 1 aromatic carbocycles. The van der Waals surface area contributed by atoms with Gasteiger partial charge in [-0.3, -0.25) is 0 Å². The van der Waals surface area contributed by atoms with Gasteiger partial charge < -0.3 is 10.5 Å². The second-order valence-corrected chi connectivity index (χ2v) is 5.46. The second kappa shape index (κ2) is 6.06. The van der Waals surface area contributed by atoms with Crippen molar-refractivity contribution in [2.75, 3.05) is 0 Å². The van der Waals surface area contributed by atoms with Crippen LogP contribution in [-0.4, -0.2) is 4.98 Å². The zero-order valence-electron chi connectivity index (χ0n) is 12.6. The highest BCUT2D eigenvalue weighted by Crippen LogP contribution is 2.29. The van der Waals surface area contributed by atoms with Crippen LogP contribution in [0.2, 0.25) is 0 Å². The van der Waals surface area contributed by atoms with Gasteiger partial charge in [-0.15, -0.1) is 0 Å². The average Bonchev–Trinajstić information content (AvgIpc) is 2.38. The Labute approximate surface area is 120 Å². The van der Waals surface area contributed by atoms with E-state index < -0.39 is 0 Å². The number of aryl methyl sites for hydroxylation is 1. The SMILES string of the molecule is Cc1cc(Oc2ncccc2C(C)N)ccc1C(C)C. The first kappa shape index (κ1) is 14.5. The third-order valence-electron chi connectivity index (χ3n) is 3.37. The van der Waals surface area contributed by atoms with Crippen molar-refractivity contribution in [3.8, 4) is 11.6 Å². The molecule has 2 N–H and O–H groups in total. The molecule has 0 amide bonds. The number of ether oxygens (including phenoxy) is 1. The molecule has 1 heterocycles. The molecule has 0 fully saturated rings. The lowest BCUT2D eigenvalue weighted by atomic mass is 9.98. The molecule has 0 spiro atoms. The van der Waals surface area contributed by atoms with Gasteiger partial charge in [-0.2, -0.15) is 0 Å². The summed E-state index contributed by atoms with van der Waals surface area (Å²) in [6.45, 7) is 8.41. The van der Waals surface area contributed by atoms with Crippen molar-refractivity contribution in [3.05, 3.63) is 53.2 Å². The van der Waals surface area contributed by atoms with E-state index in [1.807, 2.05) is 25.1 Å². The van der Waals surface area contributed by atoms with Crippen LogP contribution in [-0.2, 0) is 0 Å². The molecule has 0 aliphatic carbocycles. The lowest BCUT2D eigenvalue weighted by Gasteiger charge is -2.14. The van der Waals surface area contributed by atoms with Crippen molar-refractivity contribution in [3.63, 3.8) is 0 Å². The summed E-state index contributed by atoms with van der Waals surface area (Å²) in [6.07, 6.45) is 1.72. The monoisotopic (exact) mass is 270 g/mol. The lowest BCUT2D eigenvalue weighted by Crippen LogP contribution is -2.07. The number of hydrogen-bond acceptors (Lipinski definition) is 3. The Balaban J connectivity index is 2.29. The van der Waals surface area contributed by atoms with Gasteiger partial charge in [0.05, 0.1) is 0 Å². The maximum atomic E-state index is 5.94. The Morgan fingerprint density at radius 3 is 2.45 bits per heavy atom. The van der Waals surface area contributed by atoms with E-state index in [1.165, 1.54) is 11.1 Å². The summed E-state index contributed by atoms with van der Waals surface area (Å²) in [5, 5.41) is 0. The minimum absolute atomic E-state index is 0.102. The Morgan fingerprint density at radius 1 is 1.10 bits per heavy atom. The number of nitrogens with zero attached hydrogens (tertiary/aromatic N) is 1. The topological polar surface area (TPSA) is 48.1 Å². The molecule has 20 heavy (non-hydrogen) atoms. The molecule has 2 aromatic rings. The third kappa shape index (κ3) is 3.17. The number of nitrogens with two attached hydrogens (primary N) is 1. The van der Waals surface area contributed by atoms with Gasteiger partial charge in [0.15, 0.2) is 0 Å². The Kier molecular flexibility index (Phi) is 4.40. The van der Waals surface area contributed by atoms with Gasteiger partial charge in [0, 0.05) is 17.8 Å². The van der Waals surface area contributed by atoms with E-state index in [0.717, 1.165) is 11.3 Å². The van der Waals surface area contributed by atoms with E-state index >= 15 is 0 Å². The Bertz CT molecular complexity index is 591. The van der Waals surface area contributed by atoms with E-state index in [0.29, 0.717) is 11.8 Å². The van der Waals surface area contributed by atoms with Crippen LogP contribution in [0.4, 0.5) is 0 Å². The number of hydrogen-bond donors (Lipinski definition) is 1. The zero-order valence-corrected chi connectivity index (χ0v) is 12.6. The van der Waals surface area contributed by atoms with Gasteiger partial charge in [-0.05, 0) is 49.1 Å². The largest absolute Gasteiger partial charge is 0.439 e. The van der Waals surface area contributed by atoms with Gasteiger partial charge in [0.2, 0.25) is 5.88 Å². The van der Waals surface area contributed by atoms with Crippen LogP contribution in [0.25, 0.3) is 0 Å². The minimum Gasteiger partial charge on any atom is -0.439 e. The van der Waals surface area contributed by atoms with Gasteiger partial charge in [-0.1, -0.05) is 26.0 Å². The molecule has 0 aliphatic heterocycles. The molecular weight excluding hydrogens is 248 g/mol. The lowest BCUT2D eigenvalue weighted by molar-refractivity contribution is 0.451. The van der Waals surface area contributed by atoms with Crippen molar-refractivity contribution in [2.24, 2.45) is 5.73 Å². The van der Waals surface area contributed by atoms with Crippen molar-refractivity contribution in [2.45, 2.75) is 39.7 Å². The molecule has 1 atom stereocenters. The summed E-state index contributed by atoms with van der Waals surface area (Å²) < 4.78 is 5.90. The molecule has 1 aromatic heterocycles. The van der Waals surface area contributed by atoms with Crippen molar-refractivity contribution < 1.29 is 4.74 Å². The molecule has 2 rings (SSSR count). The molecule has 1 unspecified atom stereocenters. The van der Waals surface area contributed by atoms with Crippen LogP contribution in [0.3, 0.4) is 0 Å². The quantitative estimate of drug-likeness (QED) is 0.899. The van der Waals surface area contributed by atoms with Gasteiger partial charge in [-0.25, -0.2) is 4.98 Å². The minimum atomic E-state index is -0.102. The molecular formula is C17H22N2O. The predicted octanol–water partition coefficient (Wildman–Crippen LogP) is 4.33. The standard InChI is InChI=1S/C17H22N2O/c1-11(2)15-8-7-14(10-12(15)3)20-17-16(13(4)18)6-5-9-19-17/h5-11,13H,18H2,1-4H3. The van der Waals surface area contributed by atoms with Gasteiger partial charge in [0.25, 0.3) is 0 Å². The van der Waals surface area contributed by atoms with Crippen LogP contribution < -0.4 is 10.5 Å². The highest BCUT2D eigenvalue weighted by molar-refractivity contribution is 5.39. The van der Waals surface area contributed by atoms with Gasteiger partial charge in [0.1, 0.15) is 5.75 Å². The first-order chi connectivity index (χ1) is 9.49. The molecule has 3 nitrogen and oxygen atoms in total. The molecule has 0 bridgehead atoms. The smallest absolute Gasteiger partial charge is 0.223 e. The first-order valence-electron chi connectivity index (χ1n) is 6.98. The van der Waals surface area contributed by atoms with E-state index in [9.17, 15) is 0 Å². The van der Waals surface area contributed by atoms with Crippen LogP contribution in [0.15, 0.2) is 36.5 Å². The molecule has 0 radical (unpaired) electrons. The second-order valence-electron chi connectivity index (χ2n) is 5.46. The molecule has 0 aliphatic rings. The fraction of sp³-hybridized carbons (Fsp3) is 0.353. The third-order valence-corrected chi connectivity index (χ3v) is 3.37. The Hall–Kier alpha value is -1.87. The maximum absolute atomic E-state index is 5.94. The van der Waals surface area contributed by atoms with Gasteiger partial charge >= 0.3 is 0 Å². The molecule has 0 saturated carbocycles. The molecule has 3 heteroatoms. The molecule has 106 valence electrons. The summed E-state index contributed by atoms with van der Waals surface area (Å²) in [5.41, 5.74) is 9.43. The Morgan fingerprint density at radius 2 is 1.85 bits per heavy atom. The number of rotatable bonds is 4. The van der Waals surface area contributed by atoms with Crippen LogP contribution >= 0.6 is 0 Å². The first-order valence-corrected chi connectivity index (χ1v) is 6.98. The highest BCUT2D eigenvalue weighted by Gasteiger charge is 2.11. The van der Waals surface area contributed by atoms with Crippen LogP contribution in [0.5, 0.6) is 11.6 Å². The fourth-order valence-corrected chi connectivity index (χ4v) is 2.31. The van der Waals surface area contributed by atoms with E-state index in [1.54, 1.807) is 6.20 Å². The molecule has 0 saturated heterocycles. The fourth-order valence-electron chi connectivity index (χ4n) is 2.31. The van der Waals surface area contributed by atoms with Crippen molar-refractivity contribution in [1.82, 2.24) is 4.98 Å². The summed E-state index contributed by atoms with van der Waals surface area (Å²) in [7, 11) is 0. The van der Waals surface area contributed by atoms with E-state index in [-0.39, 0.29) is 6.04 Å². The maximum Gasteiger partial charge on any atom is 0.223 e. The number of pyridine rings is 1. The predicted molar refractivity (Wildman–Crippen MR) is 82.2 cm³/mol. The van der Waals surface area contributed by atoms with Crippen LogP contribution in [0, 0.1) is 6.92 Å². The van der Waals surface area contributed by atoms with Crippen molar-refractivity contribution in [1.29, 1.82) is 0 Å². The highest BCUT2D eigenvalue weighted by atomic mass is 16.5. The normalized spacial score (nSPS) is 12.5.